The van der Waals surface area contributed by atoms with E-state index >= 15 is 0 Å². The van der Waals surface area contributed by atoms with Gasteiger partial charge in [0.1, 0.15) is 0 Å². The summed E-state index contributed by atoms with van der Waals surface area (Å²) in [6.07, 6.45) is 4.00. The number of carbonyl (C=O) groups is 3. The van der Waals surface area contributed by atoms with Crippen LogP contribution in [-0.2, 0) is 11.3 Å². The molecule has 1 heterocycles. The molecular formula is C24H27N5O4S. The van der Waals surface area contributed by atoms with Crippen LogP contribution in [0, 0.1) is 0 Å². The van der Waals surface area contributed by atoms with Crippen molar-refractivity contribution in [1.82, 2.24) is 9.55 Å². The molecule has 9 nitrogen and oxygen atoms in total. The molecule has 3 aromatic rings. The summed E-state index contributed by atoms with van der Waals surface area (Å²) in [5.74, 6) is -1.94. The zero-order chi connectivity index (χ0) is 24.7. The molecule has 0 unspecified atom stereocenters. The predicted molar refractivity (Wildman–Crippen MR) is 133 cm³/mol. The molecule has 0 aliphatic carbocycles. The first kappa shape index (κ1) is 25.0. The Hall–Kier alpha value is -3.66. The van der Waals surface area contributed by atoms with Gasteiger partial charge in [0.2, 0.25) is 17.7 Å². The molecule has 2 aromatic carbocycles. The maximum atomic E-state index is 13.1. The van der Waals surface area contributed by atoms with Crippen molar-refractivity contribution >= 4 is 46.1 Å². The first-order chi connectivity index (χ1) is 16.3. The van der Waals surface area contributed by atoms with Crippen LogP contribution in [0.2, 0.25) is 0 Å². The number of anilines is 1. The summed E-state index contributed by atoms with van der Waals surface area (Å²) in [6, 6.07) is 11.1. The van der Waals surface area contributed by atoms with E-state index in [0.717, 1.165) is 37.4 Å². The minimum Gasteiger partial charge on any atom is -0.366 e. The lowest BCUT2D eigenvalue weighted by molar-refractivity contribution is -0.113. The van der Waals surface area contributed by atoms with Crippen LogP contribution in [0.4, 0.5) is 5.69 Å². The van der Waals surface area contributed by atoms with Crippen LogP contribution in [0.25, 0.3) is 10.9 Å². The second kappa shape index (κ2) is 11.5. The first-order valence-corrected chi connectivity index (χ1v) is 12.0. The molecule has 3 amide bonds. The summed E-state index contributed by atoms with van der Waals surface area (Å²) in [5, 5.41) is 3.64. The van der Waals surface area contributed by atoms with Gasteiger partial charge in [0.05, 0.1) is 16.7 Å². The second-order valence-corrected chi connectivity index (χ2v) is 8.74. The molecular weight excluding hydrogens is 454 g/mol. The van der Waals surface area contributed by atoms with Crippen LogP contribution < -0.4 is 22.3 Å². The number of rotatable bonds is 11. The Kier molecular flexibility index (Phi) is 8.42. The van der Waals surface area contributed by atoms with Crippen molar-refractivity contribution in [2.75, 3.05) is 11.1 Å². The van der Waals surface area contributed by atoms with E-state index in [0.29, 0.717) is 22.6 Å². The van der Waals surface area contributed by atoms with E-state index in [1.807, 2.05) is 6.07 Å². The molecule has 0 saturated carbocycles. The molecule has 5 N–H and O–H groups in total. The van der Waals surface area contributed by atoms with Crippen molar-refractivity contribution in [3.05, 3.63) is 63.9 Å². The highest BCUT2D eigenvalue weighted by atomic mass is 32.2. The van der Waals surface area contributed by atoms with Crippen molar-refractivity contribution in [2.45, 2.75) is 44.3 Å². The van der Waals surface area contributed by atoms with E-state index in [4.69, 9.17) is 11.5 Å². The van der Waals surface area contributed by atoms with Crippen LogP contribution in [0.3, 0.4) is 0 Å². The van der Waals surface area contributed by atoms with Crippen molar-refractivity contribution in [2.24, 2.45) is 11.5 Å². The Bertz CT molecular complexity index is 1260. The van der Waals surface area contributed by atoms with Gasteiger partial charge in [-0.05, 0) is 36.8 Å². The smallest absolute Gasteiger partial charge is 0.262 e. The number of fused-ring (bicyclic) bond motifs is 1. The topological polar surface area (TPSA) is 150 Å². The number of thioether (sulfide) groups is 1. The summed E-state index contributed by atoms with van der Waals surface area (Å²) in [7, 11) is 0. The third-order valence-electron chi connectivity index (χ3n) is 5.18. The quantitative estimate of drug-likeness (QED) is 0.218. The molecule has 0 aliphatic heterocycles. The number of nitrogens with zero attached hydrogens (tertiary/aromatic N) is 2. The van der Waals surface area contributed by atoms with Crippen molar-refractivity contribution in [1.29, 1.82) is 0 Å². The first-order valence-electron chi connectivity index (χ1n) is 11.0. The largest absolute Gasteiger partial charge is 0.366 e. The monoisotopic (exact) mass is 481 g/mol. The highest BCUT2D eigenvalue weighted by Crippen LogP contribution is 2.20. The minimum atomic E-state index is -0.750. The number of unbranched alkanes of at least 4 members (excludes halogenated alkanes) is 3. The number of hydrogen-bond acceptors (Lipinski definition) is 6. The van der Waals surface area contributed by atoms with Gasteiger partial charge in [0.25, 0.3) is 5.56 Å². The van der Waals surface area contributed by atoms with E-state index in [1.165, 1.54) is 18.2 Å². The van der Waals surface area contributed by atoms with E-state index in [1.54, 1.807) is 22.8 Å². The fraction of sp³-hybridized carbons (Fsp3) is 0.292. The Morgan fingerprint density at radius 3 is 2.32 bits per heavy atom. The molecule has 0 aliphatic rings. The number of hydrogen-bond donors (Lipinski definition) is 3. The van der Waals surface area contributed by atoms with Gasteiger partial charge >= 0.3 is 0 Å². The molecule has 0 fully saturated rings. The molecule has 0 saturated heterocycles. The summed E-state index contributed by atoms with van der Waals surface area (Å²) < 4.78 is 1.62. The minimum absolute atomic E-state index is 0.0353. The lowest BCUT2D eigenvalue weighted by Gasteiger charge is -2.13. The number of amides is 3. The summed E-state index contributed by atoms with van der Waals surface area (Å²) in [4.78, 5) is 53.4. The number of benzene rings is 2. The number of nitrogens with two attached hydrogens (primary N) is 2. The molecule has 0 bridgehead atoms. The van der Waals surface area contributed by atoms with E-state index in [-0.39, 0.29) is 28.1 Å². The average Bonchev–Trinajstić information content (AvgIpc) is 2.81. The maximum Gasteiger partial charge on any atom is 0.262 e. The molecule has 1 aromatic heterocycles. The standard InChI is InChI=1S/C24H27N5O4S/c1-2-3-4-7-10-29-23(33)18-8-5-6-9-19(18)28-24(29)34-14-20(30)27-17-12-15(21(25)31)11-16(13-17)22(26)32/h5-6,8-9,11-13H,2-4,7,10,14H2,1H3,(H2,25,31)(H2,26,32)(H,27,30). The van der Waals surface area contributed by atoms with E-state index < -0.39 is 17.7 Å². The van der Waals surface area contributed by atoms with Crippen molar-refractivity contribution < 1.29 is 14.4 Å². The predicted octanol–water partition coefficient (Wildman–Crippen LogP) is 2.91. The molecule has 0 radical (unpaired) electrons. The fourth-order valence-electron chi connectivity index (χ4n) is 3.46. The molecule has 0 spiro atoms. The van der Waals surface area contributed by atoms with Gasteiger partial charge < -0.3 is 16.8 Å². The SMILES string of the molecule is CCCCCCn1c(SCC(=O)Nc2cc(C(N)=O)cc(C(N)=O)c2)nc2ccccc2c1=O. The van der Waals surface area contributed by atoms with E-state index in [2.05, 4.69) is 17.2 Å². The van der Waals surface area contributed by atoms with Gasteiger partial charge in [-0.15, -0.1) is 0 Å². The molecule has 34 heavy (non-hydrogen) atoms. The Labute approximate surface area is 200 Å². The fourth-order valence-corrected chi connectivity index (χ4v) is 4.29. The van der Waals surface area contributed by atoms with Gasteiger partial charge in [-0.3, -0.25) is 23.7 Å². The third kappa shape index (κ3) is 6.22. The maximum absolute atomic E-state index is 13.1. The number of carbonyl (C=O) groups excluding carboxylic acids is 3. The Balaban J connectivity index is 1.80. The third-order valence-corrected chi connectivity index (χ3v) is 6.16. The number of aromatic nitrogens is 2. The summed E-state index contributed by atoms with van der Waals surface area (Å²) in [6.45, 7) is 2.64. The summed E-state index contributed by atoms with van der Waals surface area (Å²) in [5.41, 5.74) is 11.4. The average molecular weight is 482 g/mol. The van der Waals surface area contributed by atoms with Crippen molar-refractivity contribution in [3.63, 3.8) is 0 Å². The Morgan fingerprint density at radius 2 is 1.68 bits per heavy atom. The lowest BCUT2D eigenvalue weighted by Crippen LogP contribution is -2.24. The van der Waals surface area contributed by atoms with Gasteiger partial charge in [-0.25, -0.2) is 4.98 Å². The second-order valence-electron chi connectivity index (χ2n) is 7.79. The molecule has 3 rings (SSSR count). The highest BCUT2D eigenvalue weighted by molar-refractivity contribution is 7.99. The van der Waals surface area contributed by atoms with Crippen LogP contribution in [0.15, 0.2) is 52.4 Å². The van der Waals surface area contributed by atoms with Crippen LogP contribution >= 0.6 is 11.8 Å². The zero-order valence-corrected chi connectivity index (χ0v) is 19.7. The van der Waals surface area contributed by atoms with Gasteiger partial charge in [0.15, 0.2) is 5.16 Å². The van der Waals surface area contributed by atoms with Crippen LogP contribution in [0.1, 0.15) is 53.3 Å². The van der Waals surface area contributed by atoms with Crippen molar-refractivity contribution in [3.8, 4) is 0 Å². The number of nitrogens with one attached hydrogen (secondary N) is 1. The molecule has 0 atom stereocenters. The van der Waals surface area contributed by atoms with Gasteiger partial charge in [-0.2, -0.15) is 0 Å². The van der Waals surface area contributed by atoms with Crippen LogP contribution in [-0.4, -0.2) is 33.0 Å². The highest BCUT2D eigenvalue weighted by Gasteiger charge is 2.15. The van der Waals surface area contributed by atoms with Gasteiger partial charge in [-0.1, -0.05) is 50.1 Å². The summed E-state index contributed by atoms with van der Waals surface area (Å²) >= 11 is 1.14. The number of para-hydroxylation sites is 1. The van der Waals surface area contributed by atoms with E-state index in [9.17, 15) is 19.2 Å². The Morgan fingerprint density at radius 1 is 1.00 bits per heavy atom. The molecule has 178 valence electrons. The number of primary amides is 2. The molecule has 10 heteroatoms. The van der Waals surface area contributed by atoms with Gasteiger partial charge in [0, 0.05) is 23.4 Å². The van der Waals surface area contributed by atoms with Crippen LogP contribution in [0.5, 0.6) is 0 Å². The lowest BCUT2D eigenvalue weighted by atomic mass is 10.1. The normalized spacial score (nSPS) is 10.9. The zero-order valence-electron chi connectivity index (χ0n) is 18.9.